The number of amides is 2. The standard InChI is InChI=1S/C12H12N4O2/c13-8-10-2-1-3-11(14-10)12(18)16-6-4-15(9-17)5-7-16/h1-3,9H,4-7H2. The minimum atomic E-state index is -0.197. The zero-order chi connectivity index (χ0) is 13.0. The molecule has 92 valence electrons. The van der Waals surface area contributed by atoms with Gasteiger partial charge in [-0.25, -0.2) is 4.98 Å². The van der Waals surface area contributed by atoms with E-state index in [4.69, 9.17) is 5.26 Å². The Bertz CT molecular complexity index is 501. The molecule has 1 saturated heterocycles. The summed E-state index contributed by atoms with van der Waals surface area (Å²) < 4.78 is 0. The van der Waals surface area contributed by atoms with Gasteiger partial charge in [0.15, 0.2) is 0 Å². The number of piperazine rings is 1. The first-order chi connectivity index (χ1) is 8.74. The van der Waals surface area contributed by atoms with E-state index in [9.17, 15) is 9.59 Å². The average molecular weight is 244 g/mol. The van der Waals surface area contributed by atoms with Crippen LogP contribution in [-0.4, -0.2) is 53.3 Å². The van der Waals surface area contributed by atoms with E-state index in [0.29, 0.717) is 26.2 Å². The summed E-state index contributed by atoms with van der Waals surface area (Å²) in [4.78, 5) is 29.9. The highest BCUT2D eigenvalue weighted by Crippen LogP contribution is 2.07. The fourth-order valence-electron chi connectivity index (χ4n) is 1.81. The van der Waals surface area contributed by atoms with E-state index in [-0.39, 0.29) is 17.3 Å². The summed E-state index contributed by atoms with van der Waals surface area (Å²) in [5.74, 6) is -0.197. The second-order valence-electron chi connectivity index (χ2n) is 3.95. The number of carbonyl (C=O) groups excluding carboxylic acids is 2. The zero-order valence-electron chi connectivity index (χ0n) is 9.74. The lowest BCUT2D eigenvalue weighted by molar-refractivity contribution is -0.119. The maximum Gasteiger partial charge on any atom is 0.272 e. The molecular weight excluding hydrogens is 232 g/mol. The summed E-state index contributed by atoms with van der Waals surface area (Å²) in [7, 11) is 0. The molecule has 0 aromatic carbocycles. The van der Waals surface area contributed by atoms with Crippen LogP contribution in [0.1, 0.15) is 16.2 Å². The lowest BCUT2D eigenvalue weighted by Gasteiger charge is -2.32. The highest BCUT2D eigenvalue weighted by Gasteiger charge is 2.22. The van der Waals surface area contributed by atoms with Crippen LogP contribution in [0.4, 0.5) is 0 Å². The third-order valence-electron chi connectivity index (χ3n) is 2.83. The van der Waals surface area contributed by atoms with Crippen molar-refractivity contribution >= 4 is 12.3 Å². The predicted octanol–water partition coefficient (Wildman–Crippen LogP) is -0.133. The molecule has 1 aliphatic heterocycles. The summed E-state index contributed by atoms with van der Waals surface area (Å²) in [6, 6.07) is 6.69. The molecule has 6 nitrogen and oxygen atoms in total. The summed E-state index contributed by atoms with van der Waals surface area (Å²) in [6.07, 6.45) is 0.788. The number of pyridine rings is 1. The highest BCUT2D eigenvalue weighted by atomic mass is 16.2. The Hall–Kier alpha value is -2.42. The van der Waals surface area contributed by atoms with E-state index in [0.717, 1.165) is 6.41 Å². The molecule has 0 saturated carbocycles. The van der Waals surface area contributed by atoms with Crippen molar-refractivity contribution in [2.75, 3.05) is 26.2 Å². The van der Waals surface area contributed by atoms with Gasteiger partial charge in [-0.2, -0.15) is 5.26 Å². The Labute approximate surface area is 104 Å². The molecule has 0 radical (unpaired) electrons. The maximum atomic E-state index is 12.1. The number of hydrogen-bond donors (Lipinski definition) is 0. The molecule has 1 aromatic rings. The van der Waals surface area contributed by atoms with Crippen molar-refractivity contribution in [3.05, 3.63) is 29.6 Å². The van der Waals surface area contributed by atoms with Crippen molar-refractivity contribution in [1.29, 1.82) is 5.26 Å². The van der Waals surface area contributed by atoms with Crippen LogP contribution < -0.4 is 0 Å². The van der Waals surface area contributed by atoms with Crippen molar-refractivity contribution in [2.24, 2.45) is 0 Å². The van der Waals surface area contributed by atoms with Gasteiger partial charge in [-0.15, -0.1) is 0 Å². The Morgan fingerprint density at radius 2 is 2.06 bits per heavy atom. The third-order valence-corrected chi connectivity index (χ3v) is 2.83. The third kappa shape index (κ3) is 2.46. The van der Waals surface area contributed by atoms with Crippen molar-refractivity contribution < 1.29 is 9.59 Å². The summed E-state index contributed by atoms with van der Waals surface area (Å²) >= 11 is 0. The van der Waals surface area contributed by atoms with Gasteiger partial charge < -0.3 is 9.80 Å². The minimum Gasteiger partial charge on any atom is -0.342 e. The van der Waals surface area contributed by atoms with Gasteiger partial charge in [0.1, 0.15) is 17.5 Å². The fourth-order valence-corrected chi connectivity index (χ4v) is 1.81. The number of nitriles is 1. The summed E-state index contributed by atoms with van der Waals surface area (Å²) in [5.41, 5.74) is 0.501. The van der Waals surface area contributed by atoms with Crippen molar-refractivity contribution in [3.8, 4) is 6.07 Å². The summed E-state index contributed by atoms with van der Waals surface area (Å²) in [6.45, 7) is 2.06. The number of rotatable bonds is 2. The largest absolute Gasteiger partial charge is 0.342 e. The average Bonchev–Trinajstić information content (AvgIpc) is 2.46. The Morgan fingerprint density at radius 3 is 2.67 bits per heavy atom. The van der Waals surface area contributed by atoms with Crippen LogP contribution in [0, 0.1) is 11.3 Å². The second-order valence-corrected chi connectivity index (χ2v) is 3.95. The molecule has 6 heteroatoms. The molecule has 1 aliphatic rings. The molecule has 0 spiro atoms. The molecule has 0 atom stereocenters. The van der Waals surface area contributed by atoms with Crippen LogP contribution in [0.3, 0.4) is 0 Å². The maximum absolute atomic E-state index is 12.1. The molecule has 2 heterocycles. The molecule has 18 heavy (non-hydrogen) atoms. The topological polar surface area (TPSA) is 77.3 Å². The SMILES string of the molecule is N#Cc1cccc(C(=O)N2CCN(C=O)CC2)n1. The van der Waals surface area contributed by atoms with Crippen LogP contribution >= 0.6 is 0 Å². The molecule has 1 fully saturated rings. The van der Waals surface area contributed by atoms with E-state index in [1.807, 2.05) is 6.07 Å². The highest BCUT2D eigenvalue weighted by molar-refractivity contribution is 5.92. The normalized spacial score (nSPS) is 15.1. The van der Waals surface area contributed by atoms with Gasteiger partial charge in [0.2, 0.25) is 6.41 Å². The molecule has 0 aliphatic carbocycles. The van der Waals surface area contributed by atoms with E-state index < -0.39 is 0 Å². The Balaban J connectivity index is 2.08. The smallest absolute Gasteiger partial charge is 0.272 e. The van der Waals surface area contributed by atoms with Crippen LogP contribution in [0.15, 0.2) is 18.2 Å². The number of hydrogen-bond acceptors (Lipinski definition) is 4. The van der Waals surface area contributed by atoms with Crippen LogP contribution in [0.2, 0.25) is 0 Å². The van der Waals surface area contributed by atoms with Crippen LogP contribution in [0.25, 0.3) is 0 Å². The van der Waals surface area contributed by atoms with Gasteiger partial charge >= 0.3 is 0 Å². The lowest BCUT2D eigenvalue weighted by atomic mass is 10.2. The van der Waals surface area contributed by atoms with Gasteiger partial charge in [0, 0.05) is 26.2 Å². The molecule has 1 aromatic heterocycles. The zero-order valence-corrected chi connectivity index (χ0v) is 9.74. The Morgan fingerprint density at radius 1 is 1.33 bits per heavy atom. The van der Waals surface area contributed by atoms with Gasteiger partial charge in [-0.3, -0.25) is 9.59 Å². The second kappa shape index (κ2) is 5.27. The monoisotopic (exact) mass is 244 g/mol. The van der Waals surface area contributed by atoms with Crippen LogP contribution in [0.5, 0.6) is 0 Å². The molecule has 0 bridgehead atoms. The van der Waals surface area contributed by atoms with Gasteiger partial charge in [-0.05, 0) is 12.1 Å². The van der Waals surface area contributed by atoms with E-state index in [2.05, 4.69) is 4.98 Å². The van der Waals surface area contributed by atoms with E-state index in [1.165, 1.54) is 0 Å². The number of nitrogens with zero attached hydrogens (tertiary/aromatic N) is 4. The van der Waals surface area contributed by atoms with Crippen molar-refractivity contribution in [3.63, 3.8) is 0 Å². The quantitative estimate of drug-likeness (QED) is 0.679. The van der Waals surface area contributed by atoms with Crippen LogP contribution in [-0.2, 0) is 4.79 Å². The molecular formula is C12H12N4O2. The molecule has 2 amide bonds. The minimum absolute atomic E-state index is 0.197. The van der Waals surface area contributed by atoms with E-state index >= 15 is 0 Å². The molecule has 0 N–H and O–H groups in total. The van der Waals surface area contributed by atoms with Crippen molar-refractivity contribution in [2.45, 2.75) is 0 Å². The molecule has 2 rings (SSSR count). The fraction of sp³-hybridized carbons (Fsp3) is 0.333. The van der Waals surface area contributed by atoms with Gasteiger partial charge in [0.05, 0.1) is 0 Å². The molecule has 0 unspecified atom stereocenters. The number of carbonyl (C=O) groups is 2. The van der Waals surface area contributed by atoms with Gasteiger partial charge in [-0.1, -0.05) is 6.07 Å². The first-order valence-electron chi connectivity index (χ1n) is 5.60. The van der Waals surface area contributed by atoms with Crippen molar-refractivity contribution in [1.82, 2.24) is 14.8 Å². The first kappa shape index (κ1) is 12.0. The Kier molecular flexibility index (Phi) is 3.53. The summed E-state index contributed by atoms with van der Waals surface area (Å²) in [5, 5.41) is 8.74. The first-order valence-corrected chi connectivity index (χ1v) is 5.60. The van der Waals surface area contributed by atoms with E-state index in [1.54, 1.807) is 28.0 Å². The predicted molar refractivity (Wildman–Crippen MR) is 62.5 cm³/mol. The lowest BCUT2D eigenvalue weighted by Crippen LogP contribution is -2.48. The number of aromatic nitrogens is 1. The van der Waals surface area contributed by atoms with Gasteiger partial charge in [0.25, 0.3) is 5.91 Å².